The van der Waals surface area contributed by atoms with Gasteiger partial charge in [0.1, 0.15) is 24.7 Å². The quantitative estimate of drug-likeness (QED) is 0.225. The summed E-state index contributed by atoms with van der Waals surface area (Å²) < 4.78 is 16.9. The van der Waals surface area contributed by atoms with E-state index in [0.717, 1.165) is 11.1 Å². The van der Waals surface area contributed by atoms with Crippen molar-refractivity contribution in [2.24, 2.45) is 0 Å². The molecule has 2 aliphatic rings. The van der Waals surface area contributed by atoms with Crippen LogP contribution in [0, 0.1) is 0 Å². The molecule has 208 valence electrons. The zero-order valence-corrected chi connectivity index (χ0v) is 23.8. The molecule has 0 bridgehead atoms. The molecule has 5 rings (SSSR count). The Balaban J connectivity index is 1.70. The first kappa shape index (κ1) is 27.3. The zero-order chi connectivity index (χ0) is 28.8. The molecule has 0 radical (unpaired) electrons. The Kier molecular flexibility index (Phi) is 7.08. The van der Waals surface area contributed by atoms with Crippen LogP contribution in [0.25, 0.3) is 5.76 Å². The molecule has 1 saturated heterocycles. The summed E-state index contributed by atoms with van der Waals surface area (Å²) >= 11 is 0. The van der Waals surface area contributed by atoms with Gasteiger partial charge >= 0.3 is 0 Å². The third kappa shape index (κ3) is 4.81. The third-order valence-electron chi connectivity index (χ3n) is 7.47. The predicted molar refractivity (Wildman–Crippen MR) is 154 cm³/mol. The Morgan fingerprint density at radius 1 is 0.950 bits per heavy atom. The number of ether oxygens (including phenoxy) is 3. The van der Waals surface area contributed by atoms with E-state index in [1.54, 1.807) is 37.4 Å². The monoisotopic (exact) mass is 541 g/mol. The normalized spacial score (nSPS) is 18.4. The number of nitrogens with zero attached hydrogens (tertiary/aromatic N) is 1. The molecule has 3 aromatic rings. The SMILES string of the molecule is COc1ccc(/C(O)=C2\C(=O)C(=O)N(c3ccc4c(c3)OCCO4)C2c2ccc(C(C)(C)C)cc2)cc1C(C)C. The standard InChI is InChI=1S/C33H35NO6/c1-19(2)24-17-21(9-13-25(24)38-6)30(35)28-29(20-7-10-22(11-8-20)33(3,4)5)34(32(37)31(28)36)23-12-14-26-27(18-23)40-16-15-39-26/h7-14,17-19,29,35H,15-16H2,1-6H3/b30-28+. The van der Waals surface area contributed by atoms with E-state index >= 15 is 0 Å². The molecule has 1 fully saturated rings. The lowest BCUT2D eigenvalue weighted by molar-refractivity contribution is -0.132. The van der Waals surface area contributed by atoms with Gasteiger partial charge in [-0.25, -0.2) is 0 Å². The van der Waals surface area contributed by atoms with Crippen molar-refractivity contribution in [3.05, 3.63) is 88.5 Å². The van der Waals surface area contributed by atoms with E-state index in [1.807, 2.05) is 44.2 Å². The van der Waals surface area contributed by atoms with Crippen LogP contribution in [-0.2, 0) is 15.0 Å². The molecular weight excluding hydrogens is 506 g/mol. The number of hydrogen-bond donors (Lipinski definition) is 1. The highest BCUT2D eigenvalue weighted by molar-refractivity contribution is 6.51. The molecule has 2 heterocycles. The van der Waals surface area contributed by atoms with Crippen molar-refractivity contribution in [3.8, 4) is 17.2 Å². The van der Waals surface area contributed by atoms with Crippen molar-refractivity contribution in [2.75, 3.05) is 25.2 Å². The number of hydrogen-bond acceptors (Lipinski definition) is 6. The largest absolute Gasteiger partial charge is 0.507 e. The lowest BCUT2D eigenvalue weighted by Crippen LogP contribution is -2.29. The Labute approximate surface area is 235 Å². The van der Waals surface area contributed by atoms with Gasteiger partial charge < -0.3 is 19.3 Å². The molecule has 7 heteroatoms. The Bertz CT molecular complexity index is 1500. The van der Waals surface area contributed by atoms with Crippen LogP contribution in [0.2, 0.25) is 0 Å². The minimum Gasteiger partial charge on any atom is -0.507 e. The fourth-order valence-corrected chi connectivity index (χ4v) is 5.25. The first-order valence-corrected chi connectivity index (χ1v) is 13.5. The molecule has 2 aliphatic heterocycles. The maximum absolute atomic E-state index is 13.7. The number of aliphatic hydroxyl groups excluding tert-OH is 1. The van der Waals surface area contributed by atoms with Crippen molar-refractivity contribution in [3.63, 3.8) is 0 Å². The summed E-state index contributed by atoms with van der Waals surface area (Å²) in [6, 6.07) is 17.5. The highest BCUT2D eigenvalue weighted by Crippen LogP contribution is 2.45. The van der Waals surface area contributed by atoms with Gasteiger partial charge in [-0.2, -0.15) is 0 Å². The van der Waals surface area contributed by atoms with E-state index in [2.05, 4.69) is 20.8 Å². The number of fused-ring (bicyclic) bond motifs is 1. The molecular formula is C33H35NO6. The number of amides is 1. The number of aliphatic hydroxyl groups is 1. The summed E-state index contributed by atoms with van der Waals surface area (Å²) in [5, 5.41) is 11.6. The van der Waals surface area contributed by atoms with E-state index < -0.39 is 17.7 Å². The minimum atomic E-state index is -0.846. The summed E-state index contributed by atoms with van der Waals surface area (Å²) in [6.07, 6.45) is 0. The van der Waals surface area contributed by atoms with E-state index in [1.165, 1.54) is 4.90 Å². The van der Waals surface area contributed by atoms with Crippen molar-refractivity contribution in [1.29, 1.82) is 0 Å². The molecule has 0 aromatic heterocycles. The minimum absolute atomic E-state index is 0.0308. The molecule has 7 nitrogen and oxygen atoms in total. The molecule has 1 atom stereocenters. The molecule has 0 aliphatic carbocycles. The maximum Gasteiger partial charge on any atom is 0.300 e. The zero-order valence-electron chi connectivity index (χ0n) is 23.8. The van der Waals surface area contributed by atoms with Gasteiger partial charge in [0.25, 0.3) is 11.7 Å². The number of carbonyl (C=O) groups excluding carboxylic acids is 2. The molecule has 1 unspecified atom stereocenters. The molecule has 1 N–H and O–H groups in total. The Hall–Kier alpha value is -4.26. The van der Waals surface area contributed by atoms with Gasteiger partial charge in [0, 0.05) is 17.3 Å². The second kappa shape index (κ2) is 10.4. The van der Waals surface area contributed by atoms with Crippen LogP contribution in [0.5, 0.6) is 17.2 Å². The van der Waals surface area contributed by atoms with Crippen molar-refractivity contribution in [2.45, 2.75) is 52.0 Å². The van der Waals surface area contributed by atoms with Crippen LogP contribution in [-0.4, -0.2) is 37.1 Å². The Morgan fingerprint density at radius 2 is 1.62 bits per heavy atom. The molecule has 40 heavy (non-hydrogen) atoms. The van der Waals surface area contributed by atoms with Gasteiger partial charge in [-0.3, -0.25) is 14.5 Å². The van der Waals surface area contributed by atoms with Crippen LogP contribution >= 0.6 is 0 Å². The van der Waals surface area contributed by atoms with Crippen LogP contribution in [0.1, 0.15) is 68.8 Å². The van der Waals surface area contributed by atoms with Gasteiger partial charge in [-0.15, -0.1) is 0 Å². The highest BCUT2D eigenvalue weighted by Gasteiger charge is 2.47. The topological polar surface area (TPSA) is 85.3 Å². The summed E-state index contributed by atoms with van der Waals surface area (Å²) in [7, 11) is 1.60. The molecule has 0 spiro atoms. The predicted octanol–water partition coefficient (Wildman–Crippen LogP) is 6.51. The average Bonchev–Trinajstić information content (AvgIpc) is 3.21. The maximum atomic E-state index is 13.7. The van der Waals surface area contributed by atoms with Crippen molar-refractivity contribution < 1.29 is 28.9 Å². The van der Waals surface area contributed by atoms with Crippen molar-refractivity contribution >= 4 is 23.1 Å². The Morgan fingerprint density at radius 3 is 2.25 bits per heavy atom. The molecule has 0 saturated carbocycles. The number of rotatable bonds is 5. The number of methoxy groups -OCH3 is 1. The number of benzene rings is 3. The van der Waals surface area contributed by atoms with Gasteiger partial charge in [0.05, 0.1) is 18.7 Å². The molecule has 1 amide bonds. The van der Waals surface area contributed by atoms with Crippen LogP contribution in [0.4, 0.5) is 5.69 Å². The summed E-state index contributed by atoms with van der Waals surface area (Å²) in [5.41, 5.74) is 3.59. The summed E-state index contributed by atoms with van der Waals surface area (Å²) in [5.74, 6) is 0.190. The van der Waals surface area contributed by atoms with Crippen LogP contribution in [0.3, 0.4) is 0 Å². The lowest BCUT2D eigenvalue weighted by Gasteiger charge is -2.28. The summed E-state index contributed by atoms with van der Waals surface area (Å²) in [6.45, 7) is 11.3. The van der Waals surface area contributed by atoms with Crippen LogP contribution in [0.15, 0.2) is 66.2 Å². The van der Waals surface area contributed by atoms with Crippen molar-refractivity contribution in [1.82, 2.24) is 0 Å². The smallest absolute Gasteiger partial charge is 0.300 e. The van der Waals surface area contributed by atoms with Gasteiger partial charge in [-0.05, 0) is 58.4 Å². The number of carbonyl (C=O) groups is 2. The van der Waals surface area contributed by atoms with E-state index in [9.17, 15) is 14.7 Å². The van der Waals surface area contributed by atoms with E-state index in [0.29, 0.717) is 47.3 Å². The first-order chi connectivity index (χ1) is 19.0. The highest BCUT2D eigenvalue weighted by atomic mass is 16.6. The number of anilines is 1. The fourth-order valence-electron chi connectivity index (χ4n) is 5.25. The number of Topliss-reactive ketones (excluding diaryl/α,β-unsaturated/α-hetero) is 1. The third-order valence-corrected chi connectivity index (χ3v) is 7.47. The van der Waals surface area contributed by atoms with Gasteiger partial charge in [-0.1, -0.05) is 58.9 Å². The first-order valence-electron chi connectivity index (χ1n) is 13.5. The summed E-state index contributed by atoms with van der Waals surface area (Å²) in [4.78, 5) is 28.7. The van der Waals surface area contributed by atoms with Gasteiger partial charge in [0.15, 0.2) is 11.5 Å². The van der Waals surface area contributed by atoms with E-state index in [4.69, 9.17) is 14.2 Å². The second-order valence-electron chi connectivity index (χ2n) is 11.5. The lowest BCUT2D eigenvalue weighted by atomic mass is 9.85. The number of ketones is 1. The van der Waals surface area contributed by atoms with E-state index in [-0.39, 0.29) is 22.7 Å². The molecule has 3 aromatic carbocycles. The fraction of sp³-hybridized carbons (Fsp3) is 0.333. The average molecular weight is 542 g/mol. The van der Waals surface area contributed by atoms with Gasteiger partial charge in [0.2, 0.25) is 0 Å². The second-order valence-corrected chi connectivity index (χ2v) is 11.5. The van der Waals surface area contributed by atoms with Crippen LogP contribution < -0.4 is 19.1 Å².